The third kappa shape index (κ3) is 3.40. The second kappa shape index (κ2) is 5.65. The summed E-state index contributed by atoms with van der Waals surface area (Å²) in [6.45, 7) is 6.42. The third-order valence-electron chi connectivity index (χ3n) is 2.88. The van der Waals surface area contributed by atoms with Crippen molar-refractivity contribution in [1.29, 1.82) is 0 Å². The number of anilines is 1. The lowest BCUT2D eigenvalue weighted by Crippen LogP contribution is -2.19. The van der Waals surface area contributed by atoms with Gasteiger partial charge in [0.25, 0.3) is 0 Å². The van der Waals surface area contributed by atoms with Crippen LogP contribution >= 0.6 is 0 Å². The molecule has 2 aromatic heterocycles. The van der Waals surface area contributed by atoms with Gasteiger partial charge in [0.05, 0.1) is 5.69 Å². The summed E-state index contributed by atoms with van der Waals surface area (Å²) in [6, 6.07) is 3.51. The largest absolute Gasteiger partial charge is 0.324 e. The molecule has 19 heavy (non-hydrogen) atoms. The molecule has 2 heterocycles. The zero-order valence-corrected chi connectivity index (χ0v) is 11.4. The maximum atomic E-state index is 11.9. The zero-order valence-electron chi connectivity index (χ0n) is 11.4. The van der Waals surface area contributed by atoms with Gasteiger partial charge in [0, 0.05) is 24.3 Å². The maximum absolute atomic E-state index is 11.9. The molecule has 2 rings (SSSR count). The summed E-state index contributed by atoms with van der Waals surface area (Å²) in [4.78, 5) is 15.8. The Bertz CT molecular complexity index is 560. The summed E-state index contributed by atoms with van der Waals surface area (Å²) >= 11 is 0. The van der Waals surface area contributed by atoms with Gasteiger partial charge in [0.1, 0.15) is 6.54 Å². The van der Waals surface area contributed by atoms with Gasteiger partial charge < -0.3 is 5.32 Å². The normalized spacial score (nSPS) is 10.7. The van der Waals surface area contributed by atoms with Gasteiger partial charge >= 0.3 is 0 Å². The van der Waals surface area contributed by atoms with Crippen LogP contribution in [0.4, 0.5) is 5.69 Å². The van der Waals surface area contributed by atoms with Crippen molar-refractivity contribution in [3.8, 4) is 0 Å². The van der Waals surface area contributed by atoms with E-state index in [9.17, 15) is 4.79 Å². The van der Waals surface area contributed by atoms with Crippen LogP contribution in [0.1, 0.15) is 31.0 Å². The van der Waals surface area contributed by atoms with E-state index in [2.05, 4.69) is 29.2 Å². The molecule has 0 aliphatic heterocycles. The Morgan fingerprint density at radius 3 is 2.63 bits per heavy atom. The van der Waals surface area contributed by atoms with Crippen molar-refractivity contribution in [3.63, 3.8) is 0 Å². The van der Waals surface area contributed by atoms with E-state index < -0.39 is 0 Å². The third-order valence-corrected chi connectivity index (χ3v) is 2.88. The first-order valence-corrected chi connectivity index (χ1v) is 6.30. The highest BCUT2D eigenvalue weighted by atomic mass is 16.2. The van der Waals surface area contributed by atoms with Crippen LogP contribution in [-0.2, 0) is 11.3 Å². The highest BCUT2D eigenvalue weighted by molar-refractivity contribution is 5.90. The minimum atomic E-state index is -0.0935. The van der Waals surface area contributed by atoms with Crippen LogP contribution in [0.3, 0.4) is 0 Å². The van der Waals surface area contributed by atoms with E-state index in [1.54, 1.807) is 29.2 Å². The fraction of sp³-hybridized carbons (Fsp3) is 0.357. The van der Waals surface area contributed by atoms with Crippen LogP contribution in [0.5, 0.6) is 0 Å². The Kier molecular flexibility index (Phi) is 3.94. The average Bonchev–Trinajstić information content (AvgIpc) is 2.71. The van der Waals surface area contributed by atoms with Gasteiger partial charge in [0.2, 0.25) is 5.91 Å². The number of carbonyl (C=O) groups excluding carboxylic acids is 1. The number of hydrogen-bond acceptors (Lipinski definition) is 3. The van der Waals surface area contributed by atoms with Crippen molar-refractivity contribution in [2.75, 3.05) is 5.32 Å². The molecule has 100 valence electrons. The van der Waals surface area contributed by atoms with Crippen molar-refractivity contribution in [2.45, 2.75) is 33.2 Å². The van der Waals surface area contributed by atoms with Crippen LogP contribution in [0, 0.1) is 6.92 Å². The molecule has 0 spiro atoms. The van der Waals surface area contributed by atoms with Gasteiger partial charge in [-0.3, -0.25) is 14.5 Å². The number of nitrogens with one attached hydrogen (secondary N) is 1. The molecule has 0 aromatic carbocycles. The van der Waals surface area contributed by atoms with Crippen molar-refractivity contribution >= 4 is 11.6 Å². The monoisotopic (exact) mass is 258 g/mol. The molecule has 0 fully saturated rings. The molecule has 0 bridgehead atoms. The van der Waals surface area contributed by atoms with Gasteiger partial charge in [-0.1, -0.05) is 13.8 Å². The standard InChI is InChI=1S/C14H18N4O/c1-10(2)13-8-18(17-11(13)3)9-14(19)16-12-4-6-15-7-5-12/h4-8,10H,9H2,1-3H3,(H,15,16,19). The second-order valence-electron chi connectivity index (χ2n) is 4.81. The summed E-state index contributed by atoms with van der Waals surface area (Å²) < 4.78 is 1.68. The molecule has 0 atom stereocenters. The first kappa shape index (κ1) is 13.3. The first-order valence-electron chi connectivity index (χ1n) is 6.30. The van der Waals surface area contributed by atoms with Gasteiger partial charge in [0.15, 0.2) is 0 Å². The van der Waals surface area contributed by atoms with E-state index in [1.807, 2.05) is 13.1 Å². The Balaban J connectivity index is 2.01. The summed E-state index contributed by atoms with van der Waals surface area (Å²) in [6.07, 6.45) is 5.22. The smallest absolute Gasteiger partial charge is 0.246 e. The highest BCUT2D eigenvalue weighted by Crippen LogP contribution is 2.17. The SMILES string of the molecule is Cc1nn(CC(=O)Nc2ccncc2)cc1C(C)C. The topological polar surface area (TPSA) is 59.8 Å². The first-order chi connectivity index (χ1) is 9.06. The minimum Gasteiger partial charge on any atom is -0.324 e. The molecule has 1 N–H and O–H groups in total. The number of aromatic nitrogens is 3. The Labute approximate surface area is 112 Å². The Morgan fingerprint density at radius 2 is 2.05 bits per heavy atom. The summed E-state index contributed by atoms with van der Waals surface area (Å²) in [5.41, 5.74) is 2.90. The molecule has 0 aliphatic carbocycles. The van der Waals surface area contributed by atoms with Gasteiger partial charge in [-0.15, -0.1) is 0 Å². The molecule has 5 nitrogen and oxygen atoms in total. The molecular formula is C14H18N4O. The zero-order chi connectivity index (χ0) is 13.8. The van der Waals surface area contributed by atoms with Crippen LogP contribution < -0.4 is 5.32 Å². The number of aryl methyl sites for hydroxylation is 1. The van der Waals surface area contributed by atoms with Crippen molar-refractivity contribution in [2.24, 2.45) is 0 Å². The predicted molar refractivity (Wildman–Crippen MR) is 73.9 cm³/mol. The summed E-state index contributed by atoms with van der Waals surface area (Å²) in [5, 5.41) is 7.17. The molecule has 5 heteroatoms. The second-order valence-corrected chi connectivity index (χ2v) is 4.81. The summed E-state index contributed by atoms with van der Waals surface area (Å²) in [5.74, 6) is 0.320. The number of hydrogen-bond donors (Lipinski definition) is 1. The van der Waals surface area contributed by atoms with E-state index in [-0.39, 0.29) is 12.5 Å². The van der Waals surface area contributed by atoms with E-state index in [0.29, 0.717) is 5.92 Å². The Hall–Kier alpha value is -2.17. The van der Waals surface area contributed by atoms with E-state index in [4.69, 9.17) is 0 Å². The molecule has 0 saturated heterocycles. The number of rotatable bonds is 4. The lowest BCUT2D eigenvalue weighted by Gasteiger charge is -2.04. The van der Waals surface area contributed by atoms with Crippen LogP contribution in [0.25, 0.3) is 0 Å². The van der Waals surface area contributed by atoms with Gasteiger partial charge in [-0.25, -0.2) is 0 Å². The molecule has 2 aromatic rings. The lowest BCUT2D eigenvalue weighted by atomic mass is 10.1. The van der Waals surface area contributed by atoms with Gasteiger partial charge in [-0.2, -0.15) is 5.10 Å². The summed E-state index contributed by atoms with van der Waals surface area (Å²) in [7, 11) is 0. The molecule has 1 amide bonds. The quantitative estimate of drug-likeness (QED) is 0.915. The van der Waals surface area contributed by atoms with Crippen LogP contribution in [-0.4, -0.2) is 20.7 Å². The highest BCUT2D eigenvalue weighted by Gasteiger charge is 2.10. The lowest BCUT2D eigenvalue weighted by molar-refractivity contribution is -0.116. The van der Waals surface area contributed by atoms with Gasteiger partial charge in [-0.05, 0) is 30.5 Å². The molecule has 0 unspecified atom stereocenters. The molecule has 0 aliphatic rings. The molecule has 0 radical (unpaired) electrons. The van der Waals surface area contributed by atoms with Crippen molar-refractivity contribution < 1.29 is 4.79 Å². The van der Waals surface area contributed by atoms with Crippen LogP contribution in [0.2, 0.25) is 0 Å². The fourth-order valence-electron chi connectivity index (χ4n) is 1.96. The number of carbonyl (C=O) groups is 1. The van der Waals surface area contributed by atoms with Crippen molar-refractivity contribution in [1.82, 2.24) is 14.8 Å². The van der Waals surface area contributed by atoms with E-state index in [1.165, 1.54) is 5.56 Å². The average molecular weight is 258 g/mol. The fourth-order valence-corrected chi connectivity index (χ4v) is 1.96. The molecular weight excluding hydrogens is 240 g/mol. The predicted octanol–water partition coefficient (Wildman–Crippen LogP) is 2.35. The maximum Gasteiger partial charge on any atom is 0.246 e. The molecule has 0 saturated carbocycles. The number of nitrogens with zero attached hydrogens (tertiary/aromatic N) is 3. The minimum absolute atomic E-state index is 0.0935. The van der Waals surface area contributed by atoms with E-state index in [0.717, 1.165) is 11.4 Å². The number of amides is 1. The Morgan fingerprint density at radius 1 is 1.37 bits per heavy atom. The van der Waals surface area contributed by atoms with Crippen molar-refractivity contribution in [3.05, 3.63) is 42.0 Å². The number of pyridine rings is 1. The van der Waals surface area contributed by atoms with Crippen LogP contribution in [0.15, 0.2) is 30.7 Å². The van der Waals surface area contributed by atoms with E-state index >= 15 is 0 Å².